The highest BCUT2D eigenvalue weighted by Gasteiger charge is 2.49. The van der Waals surface area contributed by atoms with Gasteiger partial charge < -0.3 is 24.1 Å². The predicted octanol–water partition coefficient (Wildman–Crippen LogP) is 5.35. The maximum absolute atomic E-state index is 13.6. The van der Waals surface area contributed by atoms with Gasteiger partial charge in [0.1, 0.15) is 23.3 Å². The lowest BCUT2D eigenvalue weighted by Crippen LogP contribution is -2.29. The molecule has 1 aromatic heterocycles. The van der Waals surface area contributed by atoms with Crippen molar-refractivity contribution in [3.63, 3.8) is 0 Å². The van der Waals surface area contributed by atoms with E-state index in [9.17, 15) is 14.7 Å². The molecule has 1 aliphatic rings. The quantitative estimate of drug-likeness (QED) is 0.179. The van der Waals surface area contributed by atoms with E-state index in [2.05, 4.69) is 4.98 Å². The maximum atomic E-state index is 13.6. The Labute approximate surface area is 228 Å². The highest BCUT2D eigenvalue weighted by atomic mass is 32.1. The first-order chi connectivity index (χ1) is 18.9. The fourth-order valence-corrected chi connectivity index (χ4v) is 5.63. The number of aliphatic hydroxyl groups excluding tert-OH is 1. The third kappa shape index (κ3) is 4.52. The van der Waals surface area contributed by atoms with Crippen molar-refractivity contribution in [1.29, 1.82) is 0 Å². The zero-order valence-corrected chi connectivity index (χ0v) is 22.6. The highest BCUT2D eigenvalue weighted by Crippen LogP contribution is 2.48. The Balaban J connectivity index is 1.74. The minimum Gasteiger partial charge on any atom is -0.507 e. The Kier molecular flexibility index (Phi) is 7.12. The Hall–Kier alpha value is -4.57. The van der Waals surface area contributed by atoms with Crippen LogP contribution >= 0.6 is 11.3 Å². The van der Waals surface area contributed by atoms with E-state index in [4.69, 9.17) is 18.9 Å². The molecule has 1 amide bonds. The standard InChI is InChI=1S/C29H26N2O7S/c1-5-38-18-13-14-20-22(15-18)39-29(30-20)31-24(19-7-6-8-21(36-3)27(19)37-4)23(26(33)28(31)34)25(32)16-9-11-17(35-2)12-10-16/h6-15,24,32H,5H2,1-4H3/t24-/m1/s1. The van der Waals surface area contributed by atoms with Crippen LogP contribution in [0, 0.1) is 0 Å². The van der Waals surface area contributed by atoms with E-state index in [1.165, 1.54) is 37.6 Å². The summed E-state index contributed by atoms with van der Waals surface area (Å²) in [4.78, 5) is 33.2. The molecule has 0 saturated carbocycles. The van der Waals surface area contributed by atoms with Gasteiger partial charge in [-0.3, -0.25) is 14.5 Å². The van der Waals surface area contributed by atoms with Crippen molar-refractivity contribution >= 4 is 44.1 Å². The summed E-state index contributed by atoms with van der Waals surface area (Å²) < 4.78 is 22.8. The van der Waals surface area contributed by atoms with Gasteiger partial charge in [0.15, 0.2) is 16.6 Å². The van der Waals surface area contributed by atoms with Gasteiger partial charge in [0.2, 0.25) is 0 Å². The molecule has 0 spiro atoms. The first kappa shape index (κ1) is 26.1. The molecule has 3 aromatic carbocycles. The Morgan fingerprint density at radius 3 is 2.38 bits per heavy atom. The zero-order chi connectivity index (χ0) is 27.7. The lowest BCUT2D eigenvalue weighted by Gasteiger charge is -2.25. The number of aliphatic hydroxyl groups is 1. The molecule has 0 bridgehead atoms. The van der Waals surface area contributed by atoms with Gasteiger partial charge in [-0.05, 0) is 55.5 Å². The molecule has 1 atom stereocenters. The van der Waals surface area contributed by atoms with Crippen molar-refractivity contribution < 1.29 is 33.6 Å². The first-order valence-electron chi connectivity index (χ1n) is 12.1. The number of rotatable bonds is 8. The number of carbonyl (C=O) groups is 2. The van der Waals surface area contributed by atoms with E-state index < -0.39 is 17.7 Å². The summed E-state index contributed by atoms with van der Waals surface area (Å²) in [6.07, 6.45) is 0. The molecular weight excluding hydrogens is 520 g/mol. The van der Waals surface area contributed by atoms with Crippen LogP contribution in [0.2, 0.25) is 0 Å². The van der Waals surface area contributed by atoms with Crippen LogP contribution in [0.25, 0.3) is 16.0 Å². The topological polar surface area (TPSA) is 107 Å². The molecule has 1 N–H and O–H groups in total. The second-order valence-electron chi connectivity index (χ2n) is 8.54. The van der Waals surface area contributed by atoms with Crippen molar-refractivity contribution in [3.8, 4) is 23.0 Å². The van der Waals surface area contributed by atoms with Gasteiger partial charge >= 0.3 is 5.91 Å². The number of ether oxygens (including phenoxy) is 4. The molecule has 2 heterocycles. The number of ketones is 1. The number of para-hydroxylation sites is 1. The highest BCUT2D eigenvalue weighted by molar-refractivity contribution is 7.22. The van der Waals surface area contributed by atoms with Crippen molar-refractivity contribution in [2.24, 2.45) is 0 Å². The SMILES string of the molecule is CCOc1ccc2nc(N3C(=O)C(=O)C(=C(O)c4ccc(OC)cc4)[C@H]3c3cccc(OC)c3OC)sc2c1. The molecule has 10 heteroatoms. The maximum Gasteiger partial charge on any atom is 0.301 e. The average Bonchev–Trinajstić information content (AvgIpc) is 3.49. The van der Waals surface area contributed by atoms with Gasteiger partial charge in [0.05, 0.1) is 43.7 Å². The van der Waals surface area contributed by atoms with E-state index in [0.717, 1.165) is 4.70 Å². The summed E-state index contributed by atoms with van der Waals surface area (Å²) in [5, 5.41) is 11.7. The number of fused-ring (bicyclic) bond motifs is 1. The van der Waals surface area contributed by atoms with Crippen molar-refractivity contribution in [3.05, 3.63) is 77.4 Å². The van der Waals surface area contributed by atoms with E-state index in [0.29, 0.717) is 51.4 Å². The van der Waals surface area contributed by atoms with Crippen LogP contribution in [0.3, 0.4) is 0 Å². The number of benzene rings is 3. The van der Waals surface area contributed by atoms with Crippen LogP contribution in [0.5, 0.6) is 23.0 Å². The summed E-state index contributed by atoms with van der Waals surface area (Å²) in [7, 11) is 4.51. The molecule has 1 aliphatic heterocycles. The summed E-state index contributed by atoms with van der Waals surface area (Å²) >= 11 is 1.25. The van der Waals surface area contributed by atoms with Gasteiger partial charge in [0, 0.05) is 11.1 Å². The molecule has 1 saturated heterocycles. The fourth-order valence-electron chi connectivity index (χ4n) is 4.61. The largest absolute Gasteiger partial charge is 0.507 e. The number of hydrogen-bond donors (Lipinski definition) is 1. The van der Waals surface area contributed by atoms with Gasteiger partial charge in [-0.2, -0.15) is 0 Å². The summed E-state index contributed by atoms with van der Waals surface area (Å²) in [5.41, 5.74) is 1.37. The molecule has 0 aliphatic carbocycles. The summed E-state index contributed by atoms with van der Waals surface area (Å²) in [6.45, 7) is 2.40. The molecule has 39 heavy (non-hydrogen) atoms. The van der Waals surface area contributed by atoms with Crippen molar-refractivity contribution in [2.75, 3.05) is 32.8 Å². The van der Waals surface area contributed by atoms with E-state index in [-0.39, 0.29) is 11.3 Å². The summed E-state index contributed by atoms with van der Waals surface area (Å²) in [6, 6.07) is 16.1. The third-order valence-electron chi connectivity index (χ3n) is 6.40. The molecule has 5 rings (SSSR count). The van der Waals surface area contributed by atoms with Crippen LogP contribution in [0.4, 0.5) is 5.13 Å². The first-order valence-corrected chi connectivity index (χ1v) is 12.9. The lowest BCUT2D eigenvalue weighted by molar-refractivity contribution is -0.132. The number of methoxy groups -OCH3 is 3. The zero-order valence-electron chi connectivity index (χ0n) is 21.8. The van der Waals surface area contributed by atoms with Crippen LogP contribution in [0.15, 0.2) is 66.2 Å². The van der Waals surface area contributed by atoms with Crippen molar-refractivity contribution in [1.82, 2.24) is 4.98 Å². The molecule has 0 radical (unpaired) electrons. The number of thiazole rings is 1. The number of hydrogen-bond acceptors (Lipinski definition) is 9. The van der Waals surface area contributed by atoms with Gasteiger partial charge in [-0.15, -0.1) is 0 Å². The predicted molar refractivity (Wildman–Crippen MR) is 148 cm³/mol. The Bertz CT molecular complexity index is 1590. The van der Waals surface area contributed by atoms with E-state index >= 15 is 0 Å². The average molecular weight is 547 g/mol. The third-order valence-corrected chi connectivity index (χ3v) is 7.42. The van der Waals surface area contributed by atoms with Gasteiger partial charge in [-0.25, -0.2) is 4.98 Å². The molecule has 200 valence electrons. The normalized spacial score (nSPS) is 16.5. The minimum atomic E-state index is -1.04. The van der Waals surface area contributed by atoms with Crippen molar-refractivity contribution in [2.45, 2.75) is 13.0 Å². The minimum absolute atomic E-state index is 0.0917. The molecule has 9 nitrogen and oxygen atoms in total. The second kappa shape index (κ2) is 10.7. The molecule has 4 aromatic rings. The number of nitrogens with zero attached hydrogens (tertiary/aromatic N) is 2. The number of carbonyl (C=O) groups excluding carboxylic acids is 2. The van der Waals surface area contributed by atoms with Crippen LogP contribution in [-0.2, 0) is 9.59 Å². The Morgan fingerprint density at radius 1 is 0.974 bits per heavy atom. The molecular formula is C29H26N2O7S. The lowest BCUT2D eigenvalue weighted by atomic mass is 9.94. The van der Waals surface area contributed by atoms with E-state index in [1.807, 2.05) is 13.0 Å². The smallest absolute Gasteiger partial charge is 0.301 e. The number of aromatic nitrogens is 1. The van der Waals surface area contributed by atoms with Crippen LogP contribution in [0.1, 0.15) is 24.1 Å². The van der Waals surface area contributed by atoms with Gasteiger partial charge in [0.25, 0.3) is 5.78 Å². The number of amides is 1. The summed E-state index contributed by atoms with van der Waals surface area (Å²) in [5.74, 6) is 0.0178. The number of Topliss-reactive ketones (excluding diaryl/α,β-unsaturated/α-hetero) is 1. The van der Waals surface area contributed by atoms with Gasteiger partial charge in [-0.1, -0.05) is 23.5 Å². The van der Waals surface area contributed by atoms with Crippen LogP contribution in [-0.4, -0.2) is 49.7 Å². The molecule has 0 unspecified atom stereocenters. The second-order valence-corrected chi connectivity index (χ2v) is 9.55. The monoisotopic (exact) mass is 546 g/mol. The molecule has 1 fully saturated rings. The fraction of sp³-hybridized carbons (Fsp3) is 0.207. The Morgan fingerprint density at radius 2 is 1.72 bits per heavy atom. The van der Waals surface area contributed by atoms with Crippen LogP contribution < -0.4 is 23.8 Å². The number of anilines is 1. The van der Waals surface area contributed by atoms with E-state index in [1.54, 1.807) is 54.6 Å².